The van der Waals surface area contributed by atoms with Crippen LogP contribution in [-0.2, 0) is 27.4 Å². The van der Waals surface area contributed by atoms with Crippen LogP contribution < -0.4 is 26.6 Å². The van der Waals surface area contributed by atoms with Crippen molar-refractivity contribution < 1.29 is 14.3 Å². The summed E-state index contributed by atoms with van der Waals surface area (Å²) in [7, 11) is 0. The molecule has 8 nitrogen and oxygen atoms in total. The molecule has 0 aromatic heterocycles. The molecular formula is C28H39N5O3. The molecule has 194 valence electrons. The number of carbonyl (C=O) groups is 2. The third-order valence-corrected chi connectivity index (χ3v) is 6.68. The van der Waals surface area contributed by atoms with Gasteiger partial charge in [-0.1, -0.05) is 24.3 Å². The van der Waals surface area contributed by atoms with Crippen LogP contribution in [0.5, 0.6) is 0 Å². The zero-order chi connectivity index (χ0) is 25.0. The van der Waals surface area contributed by atoms with Crippen molar-refractivity contribution in [1.29, 1.82) is 0 Å². The molecule has 0 spiro atoms. The van der Waals surface area contributed by atoms with Crippen molar-refractivity contribution >= 4 is 23.2 Å². The molecule has 3 aliphatic heterocycles. The van der Waals surface area contributed by atoms with E-state index in [0.29, 0.717) is 0 Å². The van der Waals surface area contributed by atoms with Gasteiger partial charge in [-0.25, -0.2) is 0 Å². The van der Waals surface area contributed by atoms with Crippen LogP contribution in [0.2, 0.25) is 0 Å². The molecule has 2 atom stereocenters. The highest BCUT2D eigenvalue weighted by molar-refractivity contribution is 5.95. The van der Waals surface area contributed by atoms with E-state index in [0.717, 1.165) is 87.6 Å². The van der Waals surface area contributed by atoms with Crippen LogP contribution in [0.4, 0.5) is 11.4 Å². The summed E-state index contributed by atoms with van der Waals surface area (Å²) in [5.41, 5.74) is 3.97. The Hall–Kier alpha value is -2.78. The molecule has 0 aliphatic carbocycles. The Morgan fingerprint density at radius 3 is 1.47 bits per heavy atom. The average molecular weight is 494 g/mol. The summed E-state index contributed by atoms with van der Waals surface area (Å²) in [5.74, 6) is 0.0880. The van der Waals surface area contributed by atoms with Crippen LogP contribution in [-0.4, -0.2) is 50.2 Å². The van der Waals surface area contributed by atoms with Crippen LogP contribution >= 0.6 is 0 Å². The lowest BCUT2D eigenvalue weighted by molar-refractivity contribution is -0.118. The van der Waals surface area contributed by atoms with Crippen molar-refractivity contribution in [3.63, 3.8) is 0 Å². The number of carbonyl (C=O) groups excluding carboxylic acids is 2. The van der Waals surface area contributed by atoms with Crippen molar-refractivity contribution in [2.24, 2.45) is 0 Å². The van der Waals surface area contributed by atoms with Crippen LogP contribution in [0.1, 0.15) is 49.7 Å². The zero-order valence-electron chi connectivity index (χ0n) is 21.0. The highest BCUT2D eigenvalue weighted by atomic mass is 16.5. The lowest BCUT2D eigenvalue weighted by atomic mass is 10.1. The van der Waals surface area contributed by atoms with Gasteiger partial charge in [0.05, 0.1) is 12.1 Å². The smallest absolute Gasteiger partial charge is 0.241 e. The van der Waals surface area contributed by atoms with Crippen LogP contribution in [0, 0.1) is 0 Å². The van der Waals surface area contributed by atoms with Gasteiger partial charge in [0, 0.05) is 37.7 Å². The predicted molar refractivity (Wildman–Crippen MR) is 143 cm³/mol. The maximum Gasteiger partial charge on any atom is 0.241 e. The number of hydrogen-bond donors (Lipinski definition) is 5. The minimum atomic E-state index is -0.0690. The van der Waals surface area contributed by atoms with Crippen molar-refractivity contribution in [3.05, 3.63) is 59.7 Å². The van der Waals surface area contributed by atoms with Gasteiger partial charge in [0.2, 0.25) is 11.8 Å². The minimum absolute atomic E-state index is 0.0440. The fourth-order valence-corrected chi connectivity index (χ4v) is 4.55. The Morgan fingerprint density at radius 2 is 1.14 bits per heavy atom. The summed E-state index contributed by atoms with van der Waals surface area (Å²) in [6.07, 6.45) is 6.47. The van der Waals surface area contributed by atoms with E-state index in [4.69, 9.17) is 4.74 Å². The highest BCUT2D eigenvalue weighted by Gasteiger charge is 2.22. The molecule has 2 aromatic rings. The maximum atomic E-state index is 12.2. The monoisotopic (exact) mass is 493 g/mol. The van der Waals surface area contributed by atoms with E-state index < -0.39 is 0 Å². The standard InChI is InChI=1S/C24H31N5O2.C4H8O/c30-23(21-3-1-13-26-21)28-19-9-5-17(6-10-19)15-25-16-18-7-11-20(12-8-18)29-24(31)22-4-2-14-27-22;1-2-4-5-3-1/h5-12,21-22,25-27H,1-4,13-16H2,(H,28,30)(H,29,31);1-4H2/t21-,22?;/m0./s1. The first-order valence-electron chi connectivity index (χ1n) is 13.2. The highest BCUT2D eigenvalue weighted by Crippen LogP contribution is 2.14. The van der Waals surface area contributed by atoms with E-state index in [-0.39, 0.29) is 23.9 Å². The van der Waals surface area contributed by atoms with Gasteiger partial charge in [-0.15, -0.1) is 0 Å². The summed E-state index contributed by atoms with van der Waals surface area (Å²) < 4.78 is 4.94. The largest absolute Gasteiger partial charge is 0.381 e. The molecule has 3 fully saturated rings. The van der Waals surface area contributed by atoms with Gasteiger partial charge in [-0.3, -0.25) is 9.59 Å². The van der Waals surface area contributed by atoms with E-state index in [2.05, 4.69) is 26.6 Å². The number of anilines is 2. The molecule has 0 bridgehead atoms. The average Bonchev–Trinajstić information content (AvgIpc) is 3.71. The molecule has 2 aromatic carbocycles. The predicted octanol–water partition coefficient (Wildman–Crippen LogP) is 3.15. The second-order valence-corrected chi connectivity index (χ2v) is 9.59. The fourth-order valence-electron chi connectivity index (χ4n) is 4.55. The number of hydrogen-bond acceptors (Lipinski definition) is 6. The Labute approximate surface area is 214 Å². The second kappa shape index (κ2) is 14.1. The van der Waals surface area contributed by atoms with Crippen LogP contribution in [0.15, 0.2) is 48.5 Å². The summed E-state index contributed by atoms with van der Waals surface area (Å²) >= 11 is 0. The first-order chi connectivity index (χ1) is 17.7. The van der Waals surface area contributed by atoms with Gasteiger partial charge in [-0.2, -0.15) is 0 Å². The first kappa shape index (κ1) is 26.3. The molecule has 3 saturated heterocycles. The number of rotatable bonds is 8. The van der Waals surface area contributed by atoms with Gasteiger partial charge in [0.1, 0.15) is 0 Å². The number of benzene rings is 2. The zero-order valence-corrected chi connectivity index (χ0v) is 21.0. The first-order valence-corrected chi connectivity index (χ1v) is 13.2. The third kappa shape index (κ3) is 8.41. The van der Waals surface area contributed by atoms with Gasteiger partial charge >= 0.3 is 0 Å². The van der Waals surface area contributed by atoms with Crippen LogP contribution in [0.25, 0.3) is 0 Å². The second-order valence-electron chi connectivity index (χ2n) is 9.59. The number of nitrogens with one attached hydrogen (secondary N) is 5. The number of amides is 2. The Morgan fingerprint density at radius 1 is 0.694 bits per heavy atom. The summed E-state index contributed by atoms with van der Waals surface area (Å²) in [6, 6.07) is 15.8. The Bertz CT molecular complexity index is 867. The molecule has 0 radical (unpaired) electrons. The lowest BCUT2D eigenvalue weighted by Gasteiger charge is -2.12. The van der Waals surface area contributed by atoms with Gasteiger partial charge < -0.3 is 31.3 Å². The third-order valence-electron chi connectivity index (χ3n) is 6.68. The molecule has 8 heteroatoms. The van der Waals surface area contributed by atoms with E-state index in [1.165, 1.54) is 12.8 Å². The van der Waals surface area contributed by atoms with Crippen molar-refractivity contribution in [2.45, 2.75) is 63.7 Å². The normalized spacial score (nSPS) is 21.0. The van der Waals surface area contributed by atoms with Gasteiger partial charge in [0.25, 0.3) is 0 Å². The van der Waals surface area contributed by atoms with Gasteiger partial charge in [0.15, 0.2) is 0 Å². The number of ether oxygens (including phenoxy) is 1. The van der Waals surface area contributed by atoms with Crippen molar-refractivity contribution in [2.75, 3.05) is 36.9 Å². The molecular weight excluding hydrogens is 454 g/mol. The Kier molecular flexibility index (Phi) is 10.3. The topological polar surface area (TPSA) is 104 Å². The van der Waals surface area contributed by atoms with E-state index in [9.17, 15) is 9.59 Å². The molecule has 3 heterocycles. The SMILES string of the molecule is C1CCOC1.O=C(Nc1ccc(CNCc2ccc(NC(=O)[C@@H]3CCCN3)cc2)cc1)C1CCCN1. The molecule has 5 N–H and O–H groups in total. The summed E-state index contributed by atoms with van der Waals surface area (Å²) in [4.78, 5) is 24.3. The van der Waals surface area contributed by atoms with E-state index in [1.807, 2.05) is 48.5 Å². The Balaban J connectivity index is 0.000000543. The molecule has 2 amide bonds. The summed E-state index contributed by atoms with van der Waals surface area (Å²) in [6.45, 7) is 5.31. The van der Waals surface area contributed by atoms with Crippen LogP contribution in [0.3, 0.4) is 0 Å². The molecule has 3 aliphatic rings. The van der Waals surface area contributed by atoms with E-state index in [1.54, 1.807) is 0 Å². The van der Waals surface area contributed by atoms with Crippen molar-refractivity contribution in [3.8, 4) is 0 Å². The molecule has 5 rings (SSSR count). The molecule has 1 unspecified atom stereocenters. The molecule has 0 saturated carbocycles. The quantitative estimate of drug-likeness (QED) is 0.387. The summed E-state index contributed by atoms with van der Waals surface area (Å²) in [5, 5.41) is 15.8. The minimum Gasteiger partial charge on any atom is -0.381 e. The lowest BCUT2D eigenvalue weighted by Crippen LogP contribution is -2.35. The van der Waals surface area contributed by atoms with E-state index >= 15 is 0 Å². The van der Waals surface area contributed by atoms with Crippen molar-refractivity contribution in [1.82, 2.24) is 16.0 Å². The maximum absolute atomic E-state index is 12.2. The fraction of sp³-hybridized carbons (Fsp3) is 0.500. The van der Waals surface area contributed by atoms with Gasteiger partial charge in [-0.05, 0) is 87.0 Å². The molecule has 36 heavy (non-hydrogen) atoms.